The standard InChI is InChI=1S/C3H9Si.ClH.Na/c1-4(2)3;;/h1-3H3;1H;. The Morgan fingerprint density at radius 3 is 1.17 bits per heavy atom. The van der Waals surface area contributed by atoms with Gasteiger partial charge in [0, 0.05) is 0 Å². The third-order valence-corrected chi connectivity index (χ3v) is 0. The Morgan fingerprint density at radius 2 is 1.17 bits per heavy atom. The van der Waals surface area contributed by atoms with Gasteiger partial charge in [-0.15, -0.1) is 12.4 Å². The molecule has 0 saturated carbocycles. The van der Waals surface area contributed by atoms with Crippen LogP contribution in [0.3, 0.4) is 0 Å². The second-order valence-electron chi connectivity index (χ2n) is 3.00. The van der Waals surface area contributed by atoms with Crippen LogP contribution in [0.15, 0.2) is 0 Å². The van der Waals surface area contributed by atoms with Gasteiger partial charge in [0.25, 0.3) is 0 Å². The molecule has 0 aromatic carbocycles. The molecule has 0 radical (unpaired) electrons. The molecular formula is C3H10ClNaSi. The molecule has 0 aromatic rings. The van der Waals surface area contributed by atoms with Gasteiger partial charge in [-0.25, -0.2) is 0 Å². The summed E-state index contributed by atoms with van der Waals surface area (Å²) in [7, 11) is 0. The average Bonchev–Trinajstić information content (AvgIpc) is 0.722. The van der Waals surface area contributed by atoms with Crippen molar-refractivity contribution < 1.29 is 0 Å². The zero-order chi connectivity index (χ0) is 4.50. The predicted molar refractivity (Wildman–Crippen MR) is 36.3 cm³/mol. The van der Waals surface area contributed by atoms with E-state index in [9.17, 15) is 0 Å². The summed E-state index contributed by atoms with van der Waals surface area (Å²) in [4.78, 5) is 0. The number of halogens is 1. The first-order valence-electron chi connectivity index (χ1n) is 2.00. The van der Waals surface area contributed by atoms with Crippen molar-refractivity contribution >= 4 is 44.1 Å². The van der Waals surface area contributed by atoms with Crippen LogP contribution in [-0.4, -0.2) is 31.7 Å². The van der Waals surface area contributed by atoms with Gasteiger partial charge in [-0.2, -0.15) is 0 Å². The van der Waals surface area contributed by atoms with E-state index in [2.05, 4.69) is 19.6 Å². The summed E-state index contributed by atoms with van der Waals surface area (Å²) >= 11 is 1.45. The fourth-order valence-corrected chi connectivity index (χ4v) is 0. The first-order valence-corrected chi connectivity index (χ1v) is 9.00. The maximum Gasteiger partial charge on any atom is -0.147 e. The van der Waals surface area contributed by atoms with E-state index in [-0.39, 0.29) is 12.4 Å². The number of hydrogen-bond donors (Lipinski definition) is 0. The minimum absolute atomic E-state index is 0. The smallest absolute Gasteiger partial charge is 0.147 e. The summed E-state index contributed by atoms with van der Waals surface area (Å²) in [6, 6.07) is 0. The minimum Gasteiger partial charge on any atom is -0.147 e. The van der Waals surface area contributed by atoms with E-state index in [1.54, 1.807) is 0 Å². The fourth-order valence-electron chi connectivity index (χ4n) is 0. The summed E-state index contributed by atoms with van der Waals surface area (Å²) in [5.74, 6) is 0. The van der Waals surface area contributed by atoms with E-state index in [4.69, 9.17) is 0 Å². The molecule has 0 bridgehead atoms. The molecule has 0 heterocycles. The molecule has 6 heavy (non-hydrogen) atoms. The molecule has 0 amide bonds. The van der Waals surface area contributed by atoms with Crippen molar-refractivity contribution in [2.45, 2.75) is 19.6 Å². The molecule has 0 nitrogen and oxygen atoms in total. The van der Waals surface area contributed by atoms with E-state index in [0.717, 1.165) is 0 Å². The quantitative estimate of drug-likeness (QED) is 0.438. The van der Waals surface area contributed by atoms with E-state index >= 15 is 0 Å². The van der Waals surface area contributed by atoms with Crippen LogP contribution in [-0.2, 0) is 0 Å². The van der Waals surface area contributed by atoms with Crippen LogP contribution in [0.4, 0.5) is 0 Å². The maximum atomic E-state index is 2.39. The van der Waals surface area contributed by atoms with Crippen molar-refractivity contribution in [3.8, 4) is 0 Å². The van der Waals surface area contributed by atoms with Gasteiger partial charge in [0.1, 0.15) is 0 Å². The van der Waals surface area contributed by atoms with Crippen molar-refractivity contribution in [2.24, 2.45) is 0 Å². The van der Waals surface area contributed by atoms with Crippen molar-refractivity contribution in [2.75, 3.05) is 0 Å². The molecule has 0 spiro atoms. The molecule has 0 atom stereocenters. The first kappa shape index (κ1) is 10.5. The van der Waals surface area contributed by atoms with Gasteiger partial charge in [-0.05, 0) is 0 Å². The molecule has 0 aliphatic heterocycles. The average molecular weight is 133 g/mol. The van der Waals surface area contributed by atoms with Gasteiger partial charge in [0.05, 0.1) is 0 Å². The molecule has 0 fully saturated rings. The summed E-state index contributed by atoms with van der Waals surface area (Å²) < 4.78 is -0.472. The van der Waals surface area contributed by atoms with Gasteiger partial charge >= 0.3 is 51.3 Å². The van der Waals surface area contributed by atoms with E-state index in [0.29, 0.717) is 0 Å². The third-order valence-electron chi connectivity index (χ3n) is 0. The van der Waals surface area contributed by atoms with Crippen molar-refractivity contribution in [1.29, 1.82) is 0 Å². The van der Waals surface area contributed by atoms with Gasteiger partial charge < -0.3 is 0 Å². The molecule has 0 rings (SSSR count). The molecule has 34 valence electrons. The minimum atomic E-state index is -0.472. The fraction of sp³-hybridized carbons (Fsp3) is 1.00. The molecule has 3 heteroatoms. The molecule has 0 saturated heterocycles. The Morgan fingerprint density at radius 1 is 1.17 bits per heavy atom. The van der Waals surface area contributed by atoms with E-state index in [1.165, 1.54) is 27.0 Å². The zero-order valence-corrected chi connectivity index (χ0v) is 8.72. The second kappa shape index (κ2) is 3.50. The number of rotatable bonds is 0. The van der Waals surface area contributed by atoms with Gasteiger partial charge in [-0.1, -0.05) is 0 Å². The van der Waals surface area contributed by atoms with E-state index in [1.807, 2.05) is 0 Å². The van der Waals surface area contributed by atoms with Crippen molar-refractivity contribution in [3.05, 3.63) is 0 Å². The molecular weight excluding hydrogens is 123 g/mol. The third kappa shape index (κ3) is 49.3. The van der Waals surface area contributed by atoms with Crippen LogP contribution in [0, 0.1) is 0 Å². The summed E-state index contributed by atoms with van der Waals surface area (Å²) in [5, 5.41) is 0. The monoisotopic (exact) mass is 132 g/mol. The Hall–Kier alpha value is 1.51. The van der Waals surface area contributed by atoms with Crippen molar-refractivity contribution in [3.63, 3.8) is 0 Å². The van der Waals surface area contributed by atoms with Gasteiger partial charge in [0.15, 0.2) is 0 Å². The summed E-state index contributed by atoms with van der Waals surface area (Å²) in [5.41, 5.74) is 0. The van der Waals surface area contributed by atoms with Gasteiger partial charge in [-0.3, -0.25) is 0 Å². The second-order valence-corrected chi connectivity index (χ2v) is 18.0. The Kier molecular flexibility index (Phi) is 6.12. The molecule has 0 aliphatic carbocycles. The van der Waals surface area contributed by atoms with Crippen LogP contribution in [0.2, 0.25) is 19.6 Å². The Balaban J connectivity index is 0. The Labute approximate surface area is 63.3 Å². The van der Waals surface area contributed by atoms with E-state index < -0.39 is 4.63 Å². The van der Waals surface area contributed by atoms with Crippen molar-refractivity contribution in [1.82, 2.24) is 0 Å². The normalized spacial score (nSPS) is 10.2. The van der Waals surface area contributed by atoms with Crippen LogP contribution >= 0.6 is 12.4 Å². The summed E-state index contributed by atoms with van der Waals surface area (Å²) in [6.45, 7) is 7.16. The predicted octanol–water partition coefficient (Wildman–Crippen LogP) is 1.41. The molecule has 0 unspecified atom stereocenters. The maximum absolute atomic E-state index is 2.39. The number of hydrogen-bond acceptors (Lipinski definition) is 0. The SMILES string of the molecule is C[Si](C)(C)[Na].Cl. The Bertz CT molecular complexity index is 26.3. The topological polar surface area (TPSA) is 0 Å². The molecule has 0 aromatic heterocycles. The van der Waals surface area contributed by atoms with Crippen LogP contribution in [0.5, 0.6) is 0 Å². The first-order chi connectivity index (χ1) is 2.00. The van der Waals surface area contributed by atoms with Crippen LogP contribution < -0.4 is 0 Å². The van der Waals surface area contributed by atoms with Crippen LogP contribution in [0.1, 0.15) is 0 Å². The largest absolute Gasteiger partial charge is 0.147 e. The molecule has 0 aliphatic rings. The summed E-state index contributed by atoms with van der Waals surface area (Å²) in [6.07, 6.45) is 0. The van der Waals surface area contributed by atoms with Crippen LogP contribution in [0.25, 0.3) is 0 Å². The molecule has 0 N–H and O–H groups in total. The zero-order valence-electron chi connectivity index (χ0n) is 4.91. The van der Waals surface area contributed by atoms with Gasteiger partial charge in [0.2, 0.25) is 0 Å².